The van der Waals surface area contributed by atoms with Crippen LogP contribution >= 0.6 is 11.3 Å². The van der Waals surface area contributed by atoms with Gasteiger partial charge in [0.2, 0.25) is 0 Å². The number of rotatable bonds is 1. The van der Waals surface area contributed by atoms with Crippen molar-refractivity contribution in [2.45, 2.75) is 47.0 Å². The van der Waals surface area contributed by atoms with Gasteiger partial charge in [0.1, 0.15) is 0 Å². The Morgan fingerprint density at radius 2 is 1.73 bits per heavy atom. The lowest BCUT2D eigenvalue weighted by molar-refractivity contribution is 0.0860. The van der Waals surface area contributed by atoms with Gasteiger partial charge in [0, 0.05) is 10.8 Å². The number of carbonyl (C=O) groups excluding carboxylic acids is 1. The van der Waals surface area contributed by atoms with Gasteiger partial charge in [-0.3, -0.25) is 4.79 Å². The van der Waals surface area contributed by atoms with Crippen molar-refractivity contribution < 1.29 is 4.79 Å². The fourth-order valence-corrected chi connectivity index (χ4v) is 2.43. The van der Waals surface area contributed by atoms with E-state index in [2.05, 4.69) is 25.8 Å². The third kappa shape index (κ3) is 2.65. The van der Waals surface area contributed by atoms with Gasteiger partial charge in [-0.25, -0.2) is 4.98 Å². The molecule has 0 atom stereocenters. The van der Waals surface area contributed by atoms with Gasteiger partial charge in [-0.15, -0.1) is 11.3 Å². The summed E-state index contributed by atoms with van der Waals surface area (Å²) in [5.74, 6) is 0.190. The maximum absolute atomic E-state index is 12.2. The summed E-state index contributed by atoms with van der Waals surface area (Å²) < 4.78 is 0. The van der Waals surface area contributed by atoms with Crippen molar-refractivity contribution in [3.05, 3.63) is 16.1 Å². The van der Waals surface area contributed by atoms with Gasteiger partial charge in [-0.2, -0.15) is 0 Å². The van der Waals surface area contributed by atoms with Gasteiger partial charge < -0.3 is 0 Å². The molecule has 0 fully saturated rings. The summed E-state index contributed by atoms with van der Waals surface area (Å²) in [6.45, 7) is 12.1. The zero-order chi connectivity index (χ0) is 11.9. The zero-order valence-corrected chi connectivity index (χ0v) is 11.2. The molecule has 15 heavy (non-hydrogen) atoms. The molecule has 0 aliphatic heterocycles. The van der Waals surface area contributed by atoms with Crippen LogP contribution in [0.1, 0.15) is 56.9 Å². The Bertz CT molecular complexity index is 366. The number of carbonyl (C=O) groups is 1. The molecule has 0 saturated heterocycles. The summed E-state index contributed by atoms with van der Waals surface area (Å²) in [6, 6.07) is 0. The van der Waals surface area contributed by atoms with E-state index < -0.39 is 0 Å². The van der Waals surface area contributed by atoms with E-state index in [9.17, 15) is 4.79 Å². The molecule has 0 aromatic carbocycles. The molecule has 0 aliphatic rings. The number of Topliss-reactive ketones (excluding diaryl/α,β-unsaturated/α-hetero) is 1. The lowest BCUT2D eigenvalue weighted by Gasteiger charge is -2.21. The van der Waals surface area contributed by atoms with Crippen LogP contribution in [0.2, 0.25) is 0 Å². The van der Waals surface area contributed by atoms with Crippen LogP contribution in [0.15, 0.2) is 5.51 Å². The van der Waals surface area contributed by atoms with Crippen LogP contribution < -0.4 is 0 Å². The Hall–Kier alpha value is -0.700. The Kier molecular flexibility index (Phi) is 3.06. The first kappa shape index (κ1) is 12.4. The summed E-state index contributed by atoms with van der Waals surface area (Å²) in [5.41, 5.74) is 2.30. The highest BCUT2D eigenvalue weighted by atomic mass is 32.1. The first-order valence-corrected chi connectivity index (χ1v) is 6.01. The maximum atomic E-state index is 12.2. The average molecular weight is 225 g/mol. The number of hydrogen-bond acceptors (Lipinski definition) is 3. The molecular weight excluding hydrogens is 206 g/mol. The summed E-state index contributed by atoms with van der Waals surface area (Å²) in [5, 5.41) is 0. The van der Waals surface area contributed by atoms with E-state index in [-0.39, 0.29) is 16.6 Å². The second kappa shape index (κ2) is 3.71. The number of thiazole rings is 1. The van der Waals surface area contributed by atoms with Crippen LogP contribution in [0.4, 0.5) is 0 Å². The molecule has 0 N–H and O–H groups in total. The molecule has 1 rings (SSSR count). The highest BCUT2D eigenvalue weighted by molar-refractivity contribution is 7.12. The van der Waals surface area contributed by atoms with E-state index in [1.165, 1.54) is 11.3 Å². The minimum atomic E-state index is -0.327. The standard InChI is InChI=1S/C12H19NOS/c1-11(2,3)9-8(15-7-13-9)10(14)12(4,5)6/h7H,1-6H3. The van der Waals surface area contributed by atoms with Crippen LogP contribution in [0.25, 0.3) is 0 Å². The Labute approximate surface area is 95.7 Å². The predicted octanol–water partition coefficient (Wildman–Crippen LogP) is 3.67. The van der Waals surface area contributed by atoms with Crippen molar-refractivity contribution in [3.8, 4) is 0 Å². The molecule has 2 nitrogen and oxygen atoms in total. The average Bonchev–Trinajstić information content (AvgIpc) is 2.47. The normalized spacial score (nSPS) is 12.9. The monoisotopic (exact) mass is 225 g/mol. The second-order valence-electron chi connectivity index (χ2n) is 5.86. The van der Waals surface area contributed by atoms with Crippen LogP contribution in [0.5, 0.6) is 0 Å². The summed E-state index contributed by atoms with van der Waals surface area (Å²) in [7, 11) is 0. The SMILES string of the molecule is CC(C)(C)C(=O)c1scnc1C(C)(C)C. The molecule has 0 saturated carbocycles. The van der Waals surface area contributed by atoms with Gasteiger partial charge >= 0.3 is 0 Å². The molecule has 0 radical (unpaired) electrons. The molecule has 3 heteroatoms. The molecule has 0 aliphatic carbocycles. The van der Waals surface area contributed by atoms with E-state index in [0.717, 1.165) is 10.6 Å². The fraction of sp³-hybridized carbons (Fsp3) is 0.667. The highest BCUT2D eigenvalue weighted by Crippen LogP contribution is 2.32. The fourth-order valence-electron chi connectivity index (χ4n) is 1.28. The largest absolute Gasteiger partial charge is 0.293 e. The third-order valence-corrected chi connectivity index (χ3v) is 2.99. The van der Waals surface area contributed by atoms with Gasteiger partial charge in [0.25, 0.3) is 0 Å². The van der Waals surface area contributed by atoms with Crippen molar-refractivity contribution in [1.29, 1.82) is 0 Å². The Morgan fingerprint density at radius 3 is 2.13 bits per heavy atom. The molecule has 1 heterocycles. The molecule has 0 amide bonds. The van der Waals surface area contributed by atoms with E-state index >= 15 is 0 Å². The molecule has 0 spiro atoms. The minimum Gasteiger partial charge on any atom is -0.293 e. The molecular formula is C12H19NOS. The highest BCUT2D eigenvalue weighted by Gasteiger charge is 2.30. The topological polar surface area (TPSA) is 30.0 Å². The van der Waals surface area contributed by atoms with E-state index in [1.807, 2.05) is 20.8 Å². The van der Waals surface area contributed by atoms with Crippen molar-refractivity contribution in [2.24, 2.45) is 5.41 Å². The van der Waals surface area contributed by atoms with E-state index in [1.54, 1.807) is 5.51 Å². The molecule has 84 valence electrons. The lowest BCUT2D eigenvalue weighted by atomic mass is 9.84. The number of nitrogens with zero attached hydrogens (tertiary/aromatic N) is 1. The summed E-state index contributed by atoms with van der Waals surface area (Å²) in [4.78, 5) is 17.3. The van der Waals surface area contributed by atoms with Crippen molar-refractivity contribution in [2.75, 3.05) is 0 Å². The van der Waals surface area contributed by atoms with E-state index in [4.69, 9.17) is 0 Å². The quantitative estimate of drug-likeness (QED) is 0.683. The first-order valence-electron chi connectivity index (χ1n) is 5.13. The summed E-state index contributed by atoms with van der Waals surface area (Å²) in [6.07, 6.45) is 0. The molecule has 1 aromatic heterocycles. The summed E-state index contributed by atoms with van der Waals surface area (Å²) >= 11 is 1.45. The zero-order valence-electron chi connectivity index (χ0n) is 10.3. The number of hydrogen-bond donors (Lipinski definition) is 0. The van der Waals surface area contributed by atoms with Crippen molar-refractivity contribution >= 4 is 17.1 Å². The minimum absolute atomic E-state index is 0.0593. The van der Waals surface area contributed by atoms with Gasteiger partial charge in [-0.1, -0.05) is 41.5 Å². The van der Waals surface area contributed by atoms with Crippen molar-refractivity contribution in [1.82, 2.24) is 4.98 Å². The van der Waals surface area contributed by atoms with Crippen LogP contribution in [-0.4, -0.2) is 10.8 Å². The van der Waals surface area contributed by atoms with Gasteiger partial charge in [0.15, 0.2) is 5.78 Å². The number of aromatic nitrogens is 1. The predicted molar refractivity (Wildman–Crippen MR) is 64.6 cm³/mol. The molecule has 1 aromatic rings. The third-order valence-electron chi connectivity index (χ3n) is 2.17. The van der Waals surface area contributed by atoms with E-state index in [0.29, 0.717) is 0 Å². The Balaban J connectivity index is 3.18. The number of ketones is 1. The molecule has 0 bridgehead atoms. The second-order valence-corrected chi connectivity index (χ2v) is 6.71. The van der Waals surface area contributed by atoms with Crippen molar-refractivity contribution in [3.63, 3.8) is 0 Å². The smallest absolute Gasteiger partial charge is 0.180 e. The maximum Gasteiger partial charge on any atom is 0.180 e. The van der Waals surface area contributed by atoms with Crippen LogP contribution in [0, 0.1) is 5.41 Å². The first-order chi connectivity index (χ1) is 6.64. The van der Waals surface area contributed by atoms with Gasteiger partial charge in [-0.05, 0) is 0 Å². The lowest BCUT2D eigenvalue weighted by Crippen LogP contribution is -2.24. The Morgan fingerprint density at radius 1 is 1.20 bits per heavy atom. The van der Waals surface area contributed by atoms with Crippen LogP contribution in [0.3, 0.4) is 0 Å². The molecule has 0 unspecified atom stereocenters. The van der Waals surface area contributed by atoms with Crippen LogP contribution in [-0.2, 0) is 5.41 Å². The van der Waals surface area contributed by atoms with Gasteiger partial charge in [0.05, 0.1) is 16.1 Å².